The summed E-state index contributed by atoms with van der Waals surface area (Å²) in [6, 6.07) is 26.4. The number of carbonyl (C=O) groups excluding carboxylic acids is 1. The molecule has 0 aromatic heterocycles. The molecule has 0 spiro atoms. The highest BCUT2D eigenvalue weighted by Crippen LogP contribution is 2.25. The van der Waals surface area contributed by atoms with Crippen LogP contribution >= 0.6 is 0 Å². The standard InChI is InChI=1S/C22H22N2O3/c1-26-19-14-8-9-15-20(19)27-16-23-22(25)24-21(17-10-4-2-5-11-17)18-12-6-3-7-13-18/h2-15,21H,16H2,1H3,(H2,23,24,25). The normalized spacial score (nSPS) is 10.3. The minimum atomic E-state index is -0.317. The van der Waals surface area contributed by atoms with E-state index in [0.29, 0.717) is 11.5 Å². The summed E-state index contributed by atoms with van der Waals surface area (Å²) in [5, 5.41) is 5.73. The van der Waals surface area contributed by atoms with Gasteiger partial charge < -0.3 is 20.1 Å². The minimum absolute atomic E-state index is 0.0303. The van der Waals surface area contributed by atoms with Crippen LogP contribution in [-0.4, -0.2) is 19.9 Å². The molecular weight excluding hydrogens is 340 g/mol. The van der Waals surface area contributed by atoms with Crippen LogP contribution in [0.2, 0.25) is 0 Å². The van der Waals surface area contributed by atoms with Crippen molar-refractivity contribution in [3.63, 3.8) is 0 Å². The van der Waals surface area contributed by atoms with Gasteiger partial charge in [-0.15, -0.1) is 0 Å². The van der Waals surface area contributed by atoms with Crippen molar-refractivity contribution in [2.24, 2.45) is 0 Å². The zero-order valence-corrected chi connectivity index (χ0v) is 15.1. The first-order chi connectivity index (χ1) is 13.3. The van der Waals surface area contributed by atoms with Crippen molar-refractivity contribution in [1.82, 2.24) is 10.6 Å². The van der Waals surface area contributed by atoms with Crippen molar-refractivity contribution >= 4 is 6.03 Å². The van der Waals surface area contributed by atoms with Crippen LogP contribution in [0.25, 0.3) is 0 Å². The van der Waals surface area contributed by atoms with Crippen molar-refractivity contribution < 1.29 is 14.3 Å². The highest BCUT2D eigenvalue weighted by atomic mass is 16.5. The molecule has 2 amide bonds. The number of methoxy groups -OCH3 is 1. The van der Waals surface area contributed by atoms with Crippen LogP contribution in [0.3, 0.4) is 0 Å². The molecule has 3 aromatic carbocycles. The maximum atomic E-state index is 12.4. The average molecular weight is 362 g/mol. The Kier molecular flexibility index (Phi) is 6.30. The van der Waals surface area contributed by atoms with Gasteiger partial charge in [0, 0.05) is 0 Å². The van der Waals surface area contributed by atoms with E-state index in [4.69, 9.17) is 9.47 Å². The maximum absolute atomic E-state index is 12.4. The van der Waals surface area contributed by atoms with Gasteiger partial charge in [0.25, 0.3) is 0 Å². The molecule has 5 nitrogen and oxygen atoms in total. The van der Waals surface area contributed by atoms with Crippen molar-refractivity contribution in [3.8, 4) is 11.5 Å². The summed E-state index contributed by atoms with van der Waals surface area (Å²) in [5.41, 5.74) is 2.01. The Labute approximate surface area is 158 Å². The number of benzene rings is 3. The minimum Gasteiger partial charge on any atom is -0.493 e. The molecule has 0 saturated heterocycles. The molecule has 138 valence electrons. The molecule has 0 aliphatic heterocycles. The Morgan fingerprint density at radius 1 is 0.815 bits per heavy atom. The van der Waals surface area contributed by atoms with E-state index < -0.39 is 0 Å². The van der Waals surface area contributed by atoms with Crippen LogP contribution in [0.4, 0.5) is 4.79 Å². The Balaban J connectivity index is 1.63. The molecule has 3 rings (SSSR count). The third-order valence-corrected chi connectivity index (χ3v) is 4.07. The van der Waals surface area contributed by atoms with Crippen LogP contribution in [-0.2, 0) is 0 Å². The molecule has 0 saturated carbocycles. The summed E-state index contributed by atoms with van der Waals surface area (Å²) in [6.07, 6.45) is 0. The van der Waals surface area contributed by atoms with E-state index in [2.05, 4.69) is 10.6 Å². The summed E-state index contributed by atoms with van der Waals surface area (Å²) in [4.78, 5) is 12.4. The third-order valence-electron chi connectivity index (χ3n) is 4.07. The Morgan fingerprint density at radius 3 is 1.89 bits per heavy atom. The summed E-state index contributed by atoms with van der Waals surface area (Å²) >= 11 is 0. The molecule has 2 N–H and O–H groups in total. The van der Waals surface area contributed by atoms with Gasteiger partial charge in [0.1, 0.15) is 0 Å². The van der Waals surface area contributed by atoms with E-state index in [1.807, 2.05) is 72.8 Å². The van der Waals surface area contributed by atoms with Crippen LogP contribution in [0.5, 0.6) is 11.5 Å². The predicted molar refractivity (Wildman–Crippen MR) is 105 cm³/mol. The third kappa shape index (κ3) is 5.01. The molecule has 27 heavy (non-hydrogen) atoms. The van der Waals surface area contributed by atoms with Gasteiger partial charge in [0.05, 0.1) is 13.2 Å². The van der Waals surface area contributed by atoms with Crippen molar-refractivity contribution in [2.45, 2.75) is 6.04 Å². The fourth-order valence-corrected chi connectivity index (χ4v) is 2.75. The van der Waals surface area contributed by atoms with Gasteiger partial charge in [0.2, 0.25) is 0 Å². The summed E-state index contributed by atoms with van der Waals surface area (Å²) < 4.78 is 10.8. The predicted octanol–water partition coefficient (Wildman–Crippen LogP) is 4.12. The number of urea groups is 1. The second kappa shape index (κ2) is 9.29. The van der Waals surface area contributed by atoms with Crippen LogP contribution in [0.15, 0.2) is 84.9 Å². The smallest absolute Gasteiger partial charge is 0.318 e. The number of rotatable bonds is 7. The fourth-order valence-electron chi connectivity index (χ4n) is 2.75. The van der Waals surface area contributed by atoms with Crippen molar-refractivity contribution in [2.75, 3.05) is 13.8 Å². The number of carbonyl (C=O) groups is 1. The lowest BCUT2D eigenvalue weighted by molar-refractivity contribution is 0.219. The molecular formula is C22H22N2O3. The Hall–Kier alpha value is -3.47. The lowest BCUT2D eigenvalue weighted by Gasteiger charge is -2.20. The summed E-state index contributed by atoms with van der Waals surface area (Å²) in [5.74, 6) is 1.19. The van der Waals surface area contributed by atoms with Crippen LogP contribution in [0.1, 0.15) is 17.2 Å². The van der Waals surface area contributed by atoms with Gasteiger partial charge in [0.15, 0.2) is 18.2 Å². The first-order valence-corrected chi connectivity index (χ1v) is 8.68. The van der Waals surface area contributed by atoms with Crippen molar-refractivity contribution in [3.05, 3.63) is 96.1 Å². The first-order valence-electron chi connectivity index (χ1n) is 8.68. The number of nitrogens with one attached hydrogen (secondary N) is 2. The van der Waals surface area contributed by atoms with Gasteiger partial charge in [-0.05, 0) is 23.3 Å². The van der Waals surface area contributed by atoms with E-state index in [9.17, 15) is 4.79 Å². The highest BCUT2D eigenvalue weighted by Gasteiger charge is 2.16. The Bertz CT molecular complexity index is 814. The lowest BCUT2D eigenvalue weighted by atomic mass is 9.99. The lowest BCUT2D eigenvalue weighted by Crippen LogP contribution is -2.40. The molecule has 0 bridgehead atoms. The molecule has 0 atom stereocenters. The summed E-state index contributed by atoms with van der Waals surface area (Å²) in [6.45, 7) is 0.0303. The second-order valence-corrected chi connectivity index (χ2v) is 5.84. The molecule has 0 aliphatic carbocycles. The average Bonchev–Trinajstić information content (AvgIpc) is 2.73. The molecule has 0 radical (unpaired) electrons. The van der Waals surface area contributed by atoms with E-state index in [1.54, 1.807) is 19.2 Å². The number of hydrogen-bond acceptors (Lipinski definition) is 3. The van der Waals surface area contributed by atoms with Gasteiger partial charge in [-0.1, -0.05) is 72.8 Å². The van der Waals surface area contributed by atoms with Gasteiger partial charge in [-0.3, -0.25) is 0 Å². The van der Waals surface area contributed by atoms with Crippen LogP contribution < -0.4 is 20.1 Å². The molecule has 3 aromatic rings. The van der Waals surface area contributed by atoms with Gasteiger partial charge >= 0.3 is 6.03 Å². The molecule has 0 heterocycles. The SMILES string of the molecule is COc1ccccc1OCNC(=O)NC(c1ccccc1)c1ccccc1. The summed E-state index contributed by atoms with van der Waals surface area (Å²) in [7, 11) is 1.58. The van der Waals surface area contributed by atoms with Crippen molar-refractivity contribution in [1.29, 1.82) is 0 Å². The monoisotopic (exact) mass is 362 g/mol. The second-order valence-electron chi connectivity index (χ2n) is 5.84. The zero-order valence-electron chi connectivity index (χ0n) is 15.1. The molecule has 0 aliphatic rings. The largest absolute Gasteiger partial charge is 0.493 e. The molecule has 0 unspecified atom stereocenters. The Morgan fingerprint density at radius 2 is 1.33 bits per heavy atom. The fraction of sp³-hybridized carbons (Fsp3) is 0.136. The van der Waals surface area contributed by atoms with E-state index in [0.717, 1.165) is 11.1 Å². The maximum Gasteiger partial charge on any atom is 0.318 e. The van der Waals surface area contributed by atoms with E-state index in [-0.39, 0.29) is 18.8 Å². The number of hydrogen-bond donors (Lipinski definition) is 2. The quantitative estimate of drug-likeness (QED) is 0.622. The number of amides is 2. The highest BCUT2D eigenvalue weighted by molar-refractivity contribution is 5.75. The molecule has 0 fully saturated rings. The van der Waals surface area contributed by atoms with Crippen LogP contribution in [0, 0.1) is 0 Å². The molecule has 5 heteroatoms. The van der Waals surface area contributed by atoms with Gasteiger partial charge in [-0.2, -0.15) is 0 Å². The zero-order chi connectivity index (χ0) is 18.9. The van der Waals surface area contributed by atoms with E-state index in [1.165, 1.54) is 0 Å². The van der Waals surface area contributed by atoms with E-state index >= 15 is 0 Å². The number of para-hydroxylation sites is 2. The first kappa shape index (κ1) is 18.3. The number of ether oxygens (including phenoxy) is 2. The van der Waals surface area contributed by atoms with Gasteiger partial charge in [-0.25, -0.2) is 4.79 Å². The topological polar surface area (TPSA) is 59.6 Å².